The topological polar surface area (TPSA) is 71.3 Å². The van der Waals surface area contributed by atoms with Crippen LogP contribution in [0, 0.1) is 0 Å². The molecule has 2 amide bonds. The minimum absolute atomic E-state index is 0.103. The third-order valence-electron chi connectivity index (χ3n) is 3.56. The van der Waals surface area contributed by atoms with Crippen LogP contribution in [-0.2, 0) is 4.79 Å². The maximum Gasteiger partial charge on any atom is 0.291 e. The molecule has 0 saturated carbocycles. The number of benzene rings is 2. The third-order valence-corrected chi connectivity index (χ3v) is 4.67. The van der Waals surface area contributed by atoms with E-state index >= 15 is 0 Å². The summed E-state index contributed by atoms with van der Waals surface area (Å²) in [6.07, 6.45) is 1.44. The highest BCUT2D eigenvalue weighted by Crippen LogP contribution is 2.24. The molecule has 0 bridgehead atoms. The van der Waals surface area contributed by atoms with Gasteiger partial charge in [-0.2, -0.15) is 0 Å². The monoisotopic (exact) mass is 366 g/mol. The lowest BCUT2D eigenvalue weighted by Crippen LogP contribution is -2.22. The van der Waals surface area contributed by atoms with E-state index in [1.54, 1.807) is 36.4 Å². The van der Waals surface area contributed by atoms with Gasteiger partial charge in [-0.05, 0) is 49.4 Å². The van der Waals surface area contributed by atoms with Gasteiger partial charge in [-0.1, -0.05) is 24.3 Å². The number of thioether (sulfide) groups is 1. The fourth-order valence-corrected chi connectivity index (χ4v) is 3.16. The summed E-state index contributed by atoms with van der Waals surface area (Å²) in [7, 11) is 0. The van der Waals surface area contributed by atoms with Crippen molar-refractivity contribution in [1.82, 2.24) is 0 Å². The Hall–Kier alpha value is -2.99. The molecule has 5 nitrogen and oxygen atoms in total. The van der Waals surface area contributed by atoms with Crippen molar-refractivity contribution >= 4 is 35.0 Å². The van der Waals surface area contributed by atoms with Crippen molar-refractivity contribution < 1.29 is 14.0 Å². The van der Waals surface area contributed by atoms with Gasteiger partial charge in [-0.3, -0.25) is 9.59 Å². The van der Waals surface area contributed by atoms with Gasteiger partial charge in [0.25, 0.3) is 5.91 Å². The second-order valence-corrected chi connectivity index (χ2v) is 6.99. The van der Waals surface area contributed by atoms with Gasteiger partial charge < -0.3 is 15.1 Å². The van der Waals surface area contributed by atoms with Crippen molar-refractivity contribution in [2.75, 3.05) is 10.6 Å². The molecule has 0 fully saturated rings. The predicted octanol–water partition coefficient (Wildman–Crippen LogP) is 4.65. The molecule has 2 N–H and O–H groups in total. The van der Waals surface area contributed by atoms with E-state index in [0.717, 1.165) is 4.90 Å². The van der Waals surface area contributed by atoms with Crippen LogP contribution < -0.4 is 10.6 Å². The lowest BCUT2D eigenvalue weighted by Gasteiger charge is -2.13. The Labute approximate surface area is 155 Å². The van der Waals surface area contributed by atoms with E-state index in [0.29, 0.717) is 11.4 Å². The standard InChI is InChI=1S/C20H18N2O3S/c1-14(26-17-9-3-2-4-10-17)19(23)21-15-7-5-8-16(13-15)22-20(24)18-11-6-12-25-18/h2-14H,1H3,(H,21,23)(H,22,24). The largest absolute Gasteiger partial charge is 0.459 e. The lowest BCUT2D eigenvalue weighted by molar-refractivity contribution is -0.115. The summed E-state index contributed by atoms with van der Waals surface area (Å²) in [5, 5.41) is 5.36. The summed E-state index contributed by atoms with van der Waals surface area (Å²) >= 11 is 1.49. The van der Waals surface area contributed by atoms with Crippen molar-refractivity contribution in [3.8, 4) is 0 Å². The SMILES string of the molecule is CC(Sc1ccccc1)C(=O)Nc1cccc(NC(=O)c2ccco2)c1. The fraction of sp³-hybridized carbons (Fsp3) is 0.100. The Morgan fingerprint density at radius 2 is 1.65 bits per heavy atom. The quantitative estimate of drug-likeness (QED) is 0.623. The van der Waals surface area contributed by atoms with Gasteiger partial charge in [0, 0.05) is 16.3 Å². The number of hydrogen-bond donors (Lipinski definition) is 2. The number of amides is 2. The number of hydrogen-bond acceptors (Lipinski definition) is 4. The highest BCUT2D eigenvalue weighted by molar-refractivity contribution is 8.00. The molecule has 1 unspecified atom stereocenters. The number of furan rings is 1. The molecule has 1 atom stereocenters. The molecule has 132 valence electrons. The first-order chi connectivity index (χ1) is 12.6. The molecule has 0 radical (unpaired) electrons. The molecule has 1 heterocycles. The molecule has 3 rings (SSSR count). The highest BCUT2D eigenvalue weighted by Gasteiger charge is 2.15. The zero-order chi connectivity index (χ0) is 18.4. The van der Waals surface area contributed by atoms with Crippen molar-refractivity contribution in [3.05, 3.63) is 78.8 Å². The van der Waals surface area contributed by atoms with Gasteiger partial charge in [-0.25, -0.2) is 0 Å². The fourth-order valence-electron chi connectivity index (χ4n) is 2.28. The Kier molecular flexibility index (Phi) is 5.76. The van der Waals surface area contributed by atoms with Crippen LogP contribution in [0.3, 0.4) is 0 Å². The molecule has 26 heavy (non-hydrogen) atoms. The Bertz CT molecular complexity index is 879. The molecule has 2 aromatic carbocycles. The van der Waals surface area contributed by atoms with Crippen LogP contribution in [0.5, 0.6) is 0 Å². The zero-order valence-electron chi connectivity index (χ0n) is 14.1. The zero-order valence-corrected chi connectivity index (χ0v) is 15.0. The first kappa shape index (κ1) is 17.8. The first-order valence-electron chi connectivity index (χ1n) is 8.09. The van der Waals surface area contributed by atoms with E-state index in [1.807, 2.05) is 37.3 Å². The second kappa shape index (κ2) is 8.40. The van der Waals surface area contributed by atoms with Gasteiger partial charge in [0.1, 0.15) is 0 Å². The molecule has 0 aliphatic carbocycles. The smallest absolute Gasteiger partial charge is 0.291 e. The van der Waals surface area contributed by atoms with Gasteiger partial charge in [-0.15, -0.1) is 11.8 Å². The summed E-state index contributed by atoms with van der Waals surface area (Å²) in [4.78, 5) is 25.5. The normalized spacial score (nSPS) is 11.6. The molecule has 0 saturated heterocycles. The molecular weight excluding hydrogens is 348 g/mol. The van der Waals surface area contributed by atoms with Crippen LogP contribution >= 0.6 is 11.8 Å². The molecular formula is C20H18N2O3S. The van der Waals surface area contributed by atoms with Gasteiger partial charge in [0.15, 0.2) is 5.76 Å². The van der Waals surface area contributed by atoms with Crippen molar-refractivity contribution in [1.29, 1.82) is 0 Å². The summed E-state index contributed by atoms with van der Waals surface area (Å²) in [6.45, 7) is 1.86. The molecule has 0 aliphatic heterocycles. The van der Waals surface area contributed by atoms with E-state index in [1.165, 1.54) is 18.0 Å². The van der Waals surface area contributed by atoms with E-state index < -0.39 is 0 Å². The number of anilines is 2. The molecule has 0 spiro atoms. The Balaban J connectivity index is 1.61. The average Bonchev–Trinajstić information content (AvgIpc) is 3.17. The number of carbonyl (C=O) groups is 2. The summed E-state index contributed by atoms with van der Waals surface area (Å²) < 4.78 is 5.07. The van der Waals surface area contributed by atoms with Gasteiger partial charge in [0.05, 0.1) is 11.5 Å². The first-order valence-corrected chi connectivity index (χ1v) is 8.97. The van der Waals surface area contributed by atoms with Crippen LogP contribution in [0.4, 0.5) is 11.4 Å². The maximum atomic E-state index is 12.4. The number of nitrogens with one attached hydrogen (secondary N) is 2. The third kappa shape index (κ3) is 4.77. The highest BCUT2D eigenvalue weighted by atomic mass is 32.2. The van der Waals surface area contributed by atoms with E-state index in [2.05, 4.69) is 10.6 Å². The van der Waals surface area contributed by atoms with E-state index in [-0.39, 0.29) is 22.8 Å². The summed E-state index contributed by atoms with van der Waals surface area (Å²) in [6, 6.07) is 20.0. The van der Waals surface area contributed by atoms with Crippen molar-refractivity contribution in [2.45, 2.75) is 17.1 Å². The summed E-state index contributed by atoms with van der Waals surface area (Å²) in [5.74, 6) is -0.216. The lowest BCUT2D eigenvalue weighted by atomic mass is 10.2. The van der Waals surface area contributed by atoms with Gasteiger partial charge in [0.2, 0.25) is 5.91 Å². The van der Waals surface area contributed by atoms with Crippen LogP contribution in [-0.4, -0.2) is 17.1 Å². The minimum Gasteiger partial charge on any atom is -0.459 e. The van der Waals surface area contributed by atoms with Crippen molar-refractivity contribution in [3.63, 3.8) is 0 Å². The number of rotatable bonds is 6. The van der Waals surface area contributed by atoms with E-state index in [9.17, 15) is 9.59 Å². The van der Waals surface area contributed by atoms with Crippen LogP contribution in [0.2, 0.25) is 0 Å². The Morgan fingerprint density at radius 3 is 2.35 bits per heavy atom. The minimum atomic E-state index is -0.341. The van der Waals surface area contributed by atoms with Gasteiger partial charge >= 0.3 is 0 Å². The number of carbonyl (C=O) groups excluding carboxylic acids is 2. The second-order valence-electron chi connectivity index (χ2n) is 5.57. The molecule has 0 aliphatic rings. The maximum absolute atomic E-state index is 12.4. The molecule has 3 aromatic rings. The summed E-state index contributed by atoms with van der Waals surface area (Å²) in [5.41, 5.74) is 1.19. The molecule has 6 heteroatoms. The molecule has 1 aromatic heterocycles. The van der Waals surface area contributed by atoms with Crippen LogP contribution in [0.15, 0.2) is 82.3 Å². The van der Waals surface area contributed by atoms with Crippen LogP contribution in [0.1, 0.15) is 17.5 Å². The average molecular weight is 366 g/mol. The van der Waals surface area contributed by atoms with E-state index in [4.69, 9.17) is 4.42 Å². The van der Waals surface area contributed by atoms with Crippen molar-refractivity contribution in [2.24, 2.45) is 0 Å². The Morgan fingerprint density at radius 1 is 0.923 bits per heavy atom. The predicted molar refractivity (Wildman–Crippen MR) is 103 cm³/mol. The van der Waals surface area contributed by atoms with Crippen LogP contribution in [0.25, 0.3) is 0 Å².